The predicted octanol–water partition coefficient (Wildman–Crippen LogP) is 4.57. The van der Waals surface area contributed by atoms with Gasteiger partial charge in [-0.15, -0.1) is 0 Å². The maximum Gasteiger partial charge on any atom is 0.236 e. The number of halogens is 1. The van der Waals surface area contributed by atoms with Crippen LogP contribution in [-0.4, -0.2) is 73.8 Å². The molecule has 1 amide bonds. The Morgan fingerprint density at radius 3 is 2.67 bits per heavy atom. The molecule has 202 valence electrons. The van der Waals surface area contributed by atoms with Crippen molar-refractivity contribution in [2.45, 2.75) is 54.6 Å². The van der Waals surface area contributed by atoms with Gasteiger partial charge in [-0.2, -0.15) is 15.5 Å². The summed E-state index contributed by atoms with van der Waals surface area (Å²) >= 11 is 1.18. The molecule has 0 radical (unpaired) electrons. The van der Waals surface area contributed by atoms with Gasteiger partial charge in [0.25, 0.3) is 0 Å². The van der Waals surface area contributed by atoms with Crippen LogP contribution in [0.5, 0.6) is 0 Å². The van der Waals surface area contributed by atoms with Crippen molar-refractivity contribution in [3.05, 3.63) is 60.1 Å². The molecular weight excluding hydrogens is 515 g/mol. The fraction of sp³-hybridized carbons (Fsp3) is 0.393. The highest BCUT2D eigenvalue weighted by molar-refractivity contribution is 7.99. The van der Waals surface area contributed by atoms with Crippen LogP contribution in [0.2, 0.25) is 0 Å². The summed E-state index contributed by atoms with van der Waals surface area (Å²) in [7, 11) is 5.72. The molecule has 39 heavy (non-hydrogen) atoms. The SMILES string of the molecule is Cc1c(-c2cc(Sc3ncccc3F)c3c(C#N)cnn3c2)cnn1C1CCC(N(C)C(=O)CN(C)C)CC1. The molecule has 11 heteroatoms. The van der Waals surface area contributed by atoms with E-state index in [2.05, 4.69) is 27.8 Å². The third-order valence-corrected chi connectivity index (χ3v) is 8.41. The summed E-state index contributed by atoms with van der Waals surface area (Å²) < 4.78 is 18.2. The van der Waals surface area contributed by atoms with Gasteiger partial charge in [0.1, 0.15) is 11.1 Å². The van der Waals surface area contributed by atoms with E-state index in [1.54, 1.807) is 16.8 Å². The lowest BCUT2D eigenvalue weighted by Gasteiger charge is -2.35. The quantitative estimate of drug-likeness (QED) is 0.335. The van der Waals surface area contributed by atoms with E-state index < -0.39 is 5.82 Å². The molecule has 4 aromatic rings. The summed E-state index contributed by atoms with van der Waals surface area (Å²) in [5, 5.41) is 19.0. The molecule has 9 nitrogen and oxygen atoms in total. The van der Waals surface area contributed by atoms with Crippen molar-refractivity contribution in [3.63, 3.8) is 0 Å². The number of rotatable bonds is 7. The van der Waals surface area contributed by atoms with Gasteiger partial charge in [0.2, 0.25) is 5.91 Å². The third-order valence-electron chi connectivity index (χ3n) is 7.39. The zero-order chi connectivity index (χ0) is 27.7. The molecule has 0 saturated heterocycles. The molecule has 1 fully saturated rings. The first-order valence-electron chi connectivity index (χ1n) is 12.9. The lowest BCUT2D eigenvalue weighted by atomic mass is 9.90. The van der Waals surface area contributed by atoms with Gasteiger partial charge in [0, 0.05) is 47.2 Å². The molecule has 1 saturated carbocycles. The zero-order valence-electron chi connectivity index (χ0n) is 22.5. The summed E-state index contributed by atoms with van der Waals surface area (Å²) in [4.78, 5) is 21.2. The number of nitriles is 1. The Bertz CT molecular complexity index is 1550. The number of carbonyl (C=O) groups is 1. The molecule has 4 aromatic heterocycles. The first-order chi connectivity index (χ1) is 18.8. The Labute approximate surface area is 231 Å². The Morgan fingerprint density at radius 1 is 1.21 bits per heavy atom. The molecule has 4 heterocycles. The number of nitrogens with zero attached hydrogens (tertiary/aromatic N) is 8. The van der Waals surface area contributed by atoms with Crippen LogP contribution in [-0.2, 0) is 4.79 Å². The van der Waals surface area contributed by atoms with E-state index >= 15 is 0 Å². The van der Waals surface area contributed by atoms with E-state index in [0.717, 1.165) is 42.5 Å². The van der Waals surface area contributed by atoms with Crippen LogP contribution in [0.15, 0.2) is 52.9 Å². The van der Waals surface area contributed by atoms with Gasteiger partial charge in [0.15, 0.2) is 5.82 Å². The van der Waals surface area contributed by atoms with Crippen LogP contribution in [0.25, 0.3) is 16.6 Å². The van der Waals surface area contributed by atoms with Crippen LogP contribution in [0.1, 0.15) is 43.0 Å². The van der Waals surface area contributed by atoms with Gasteiger partial charge in [-0.1, -0.05) is 11.8 Å². The Kier molecular flexibility index (Phi) is 7.68. The molecule has 0 atom stereocenters. The first-order valence-corrected chi connectivity index (χ1v) is 13.7. The molecule has 0 bridgehead atoms. The minimum absolute atomic E-state index is 0.147. The van der Waals surface area contributed by atoms with Crippen molar-refractivity contribution in [3.8, 4) is 17.2 Å². The number of hydrogen-bond donors (Lipinski definition) is 0. The summed E-state index contributed by atoms with van der Waals surface area (Å²) in [6, 6.07) is 7.55. The number of pyridine rings is 2. The summed E-state index contributed by atoms with van der Waals surface area (Å²) in [6.07, 6.45) is 10.6. The summed E-state index contributed by atoms with van der Waals surface area (Å²) in [6.45, 7) is 2.47. The maximum atomic E-state index is 14.4. The van der Waals surface area contributed by atoms with E-state index in [0.29, 0.717) is 22.5 Å². The standard InChI is InChI=1S/C28H31FN8OS/c1-18-23(15-33-37(18)22-9-7-21(8-10-22)35(4)26(38)17-34(2)3)19-12-25(39-28-24(29)6-5-11-31-28)27-20(13-30)14-32-36(27)16-19/h5-6,11-12,14-16,21-22H,7-10,17H2,1-4H3. The normalized spacial score (nSPS) is 17.5. The van der Waals surface area contributed by atoms with Crippen LogP contribution in [0, 0.1) is 24.1 Å². The van der Waals surface area contributed by atoms with Crippen LogP contribution >= 0.6 is 11.8 Å². The van der Waals surface area contributed by atoms with Crippen molar-refractivity contribution in [1.29, 1.82) is 5.26 Å². The third kappa shape index (κ3) is 5.40. The molecule has 0 aromatic carbocycles. The Hall–Kier alpha value is -3.75. The second-order valence-electron chi connectivity index (χ2n) is 10.2. The first kappa shape index (κ1) is 26.8. The van der Waals surface area contributed by atoms with Gasteiger partial charge in [-0.25, -0.2) is 13.9 Å². The highest BCUT2D eigenvalue weighted by Gasteiger charge is 2.29. The number of aromatic nitrogens is 5. The smallest absolute Gasteiger partial charge is 0.236 e. The van der Waals surface area contributed by atoms with Gasteiger partial charge in [-0.05, 0) is 64.9 Å². The largest absolute Gasteiger partial charge is 0.342 e. The van der Waals surface area contributed by atoms with Gasteiger partial charge < -0.3 is 9.80 Å². The van der Waals surface area contributed by atoms with Crippen LogP contribution in [0.4, 0.5) is 4.39 Å². The Morgan fingerprint density at radius 2 is 1.97 bits per heavy atom. The number of likely N-dealkylation sites (N-methyl/N-ethyl adjacent to an activating group) is 2. The monoisotopic (exact) mass is 546 g/mol. The number of amides is 1. The Balaban J connectivity index is 1.41. The van der Waals surface area contributed by atoms with E-state index in [-0.39, 0.29) is 23.0 Å². The van der Waals surface area contributed by atoms with E-state index in [9.17, 15) is 14.4 Å². The van der Waals surface area contributed by atoms with Crippen LogP contribution in [0.3, 0.4) is 0 Å². The van der Waals surface area contributed by atoms with Crippen molar-refractivity contribution >= 4 is 23.2 Å². The maximum absolute atomic E-state index is 14.4. The fourth-order valence-electron chi connectivity index (χ4n) is 5.29. The molecule has 1 aliphatic carbocycles. The highest BCUT2D eigenvalue weighted by Crippen LogP contribution is 2.38. The van der Waals surface area contributed by atoms with Crippen molar-refractivity contribution in [2.75, 3.05) is 27.7 Å². The van der Waals surface area contributed by atoms with Crippen LogP contribution < -0.4 is 0 Å². The average molecular weight is 547 g/mol. The van der Waals surface area contributed by atoms with Crippen molar-refractivity contribution < 1.29 is 9.18 Å². The van der Waals surface area contributed by atoms with Gasteiger partial charge >= 0.3 is 0 Å². The molecule has 1 aliphatic rings. The van der Waals surface area contributed by atoms with E-state index in [4.69, 9.17) is 5.10 Å². The van der Waals surface area contributed by atoms with Crippen molar-refractivity contribution in [1.82, 2.24) is 34.2 Å². The second-order valence-corrected chi connectivity index (χ2v) is 11.3. The molecule has 0 spiro atoms. The molecule has 0 unspecified atom stereocenters. The minimum atomic E-state index is -0.419. The van der Waals surface area contributed by atoms with Crippen molar-refractivity contribution in [2.24, 2.45) is 0 Å². The zero-order valence-corrected chi connectivity index (χ0v) is 23.3. The van der Waals surface area contributed by atoms with E-state index in [1.807, 2.05) is 49.4 Å². The number of carbonyl (C=O) groups excluding carboxylic acids is 1. The molecule has 0 N–H and O–H groups in total. The molecular formula is C28H31FN8OS. The lowest BCUT2D eigenvalue weighted by Crippen LogP contribution is -2.43. The highest BCUT2D eigenvalue weighted by atomic mass is 32.2. The second kappa shape index (κ2) is 11.2. The predicted molar refractivity (Wildman–Crippen MR) is 147 cm³/mol. The topological polar surface area (TPSA) is 95.4 Å². The minimum Gasteiger partial charge on any atom is -0.342 e. The fourth-order valence-corrected chi connectivity index (χ4v) is 6.27. The van der Waals surface area contributed by atoms with E-state index in [1.165, 1.54) is 24.0 Å². The molecule has 0 aliphatic heterocycles. The summed E-state index contributed by atoms with van der Waals surface area (Å²) in [5.74, 6) is -0.272. The lowest BCUT2D eigenvalue weighted by molar-refractivity contribution is -0.133. The average Bonchev–Trinajstić information content (AvgIpc) is 3.52. The van der Waals surface area contributed by atoms with Gasteiger partial charge in [0.05, 0.1) is 36.1 Å². The molecule has 5 rings (SSSR count). The number of fused-ring (bicyclic) bond motifs is 1. The number of hydrogen-bond acceptors (Lipinski definition) is 7. The summed E-state index contributed by atoms with van der Waals surface area (Å²) in [5.41, 5.74) is 3.89. The van der Waals surface area contributed by atoms with Gasteiger partial charge in [-0.3, -0.25) is 9.48 Å².